The topological polar surface area (TPSA) is 15.3 Å². The van der Waals surface area contributed by atoms with Gasteiger partial charge in [0.1, 0.15) is 6.17 Å². The summed E-state index contributed by atoms with van der Waals surface area (Å²) in [6.07, 6.45) is 0.294. The molecule has 0 spiro atoms. The van der Waals surface area contributed by atoms with Crippen LogP contribution in [-0.2, 0) is 0 Å². The average molecular weight is 252 g/mol. The molecule has 1 saturated heterocycles. The van der Waals surface area contributed by atoms with Crippen LogP contribution in [-0.4, -0.2) is 13.1 Å². The zero-order chi connectivity index (χ0) is 13.2. The second-order valence-electron chi connectivity index (χ2n) is 5.30. The van der Waals surface area contributed by atoms with Crippen LogP contribution in [0.2, 0.25) is 0 Å². The second-order valence-corrected chi connectivity index (χ2v) is 5.30. The zero-order valence-corrected chi connectivity index (χ0v) is 11.6. The highest BCUT2D eigenvalue weighted by molar-refractivity contribution is 5.51. The molecule has 0 radical (unpaired) electrons. The van der Waals surface area contributed by atoms with Gasteiger partial charge in [0.2, 0.25) is 0 Å². The van der Waals surface area contributed by atoms with Crippen molar-refractivity contribution in [1.82, 2.24) is 5.32 Å². The summed E-state index contributed by atoms with van der Waals surface area (Å²) in [7, 11) is 0. The van der Waals surface area contributed by atoms with Crippen LogP contribution in [0.3, 0.4) is 0 Å². The highest BCUT2D eigenvalue weighted by Gasteiger charge is 2.25. The molecule has 1 fully saturated rings. The molecule has 2 nitrogen and oxygen atoms in total. The predicted molar refractivity (Wildman–Crippen MR) is 80.4 cm³/mol. The predicted octanol–water partition coefficient (Wildman–Crippen LogP) is 3.41. The Bertz CT molecular complexity index is 560. The normalized spacial score (nSPS) is 18.8. The van der Waals surface area contributed by atoms with Crippen LogP contribution in [0.15, 0.2) is 48.5 Å². The quantitative estimate of drug-likeness (QED) is 0.881. The SMILES string of the molecule is Cc1ccc(N2CCNC2c2cccc(C)c2)cc1. The highest BCUT2D eigenvalue weighted by Crippen LogP contribution is 2.28. The number of nitrogens with one attached hydrogen (secondary N) is 1. The van der Waals surface area contributed by atoms with Crippen LogP contribution in [0.5, 0.6) is 0 Å². The summed E-state index contributed by atoms with van der Waals surface area (Å²) in [4.78, 5) is 2.44. The van der Waals surface area contributed by atoms with Crippen LogP contribution in [0.4, 0.5) is 5.69 Å². The summed E-state index contributed by atoms with van der Waals surface area (Å²) in [6.45, 7) is 6.37. The van der Waals surface area contributed by atoms with Gasteiger partial charge in [-0.15, -0.1) is 0 Å². The maximum atomic E-state index is 3.59. The molecule has 1 aliphatic heterocycles. The van der Waals surface area contributed by atoms with Gasteiger partial charge >= 0.3 is 0 Å². The molecular weight excluding hydrogens is 232 g/mol. The van der Waals surface area contributed by atoms with Crippen molar-refractivity contribution in [2.45, 2.75) is 20.0 Å². The third kappa shape index (κ3) is 2.49. The summed E-state index contributed by atoms with van der Waals surface area (Å²) >= 11 is 0. The van der Waals surface area contributed by atoms with E-state index in [-0.39, 0.29) is 0 Å². The molecule has 0 aromatic heterocycles. The van der Waals surface area contributed by atoms with E-state index in [0.717, 1.165) is 13.1 Å². The number of hydrogen-bond donors (Lipinski definition) is 1. The summed E-state index contributed by atoms with van der Waals surface area (Å²) < 4.78 is 0. The van der Waals surface area contributed by atoms with Crippen LogP contribution in [0.1, 0.15) is 22.9 Å². The summed E-state index contributed by atoms with van der Waals surface area (Å²) in [5.74, 6) is 0. The van der Waals surface area contributed by atoms with Gasteiger partial charge < -0.3 is 4.90 Å². The Morgan fingerprint density at radius 1 is 1.00 bits per heavy atom. The molecule has 3 rings (SSSR count). The lowest BCUT2D eigenvalue weighted by Crippen LogP contribution is -2.27. The lowest BCUT2D eigenvalue weighted by molar-refractivity contribution is 0.644. The molecule has 0 bridgehead atoms. The van der Waals surface area contributed by atoms with E-state index >= 15 is 0 Å². The van der Waals surface area contributed by atoms with Gasteiger partial charge in [-0.2, -0.15) is 0 Å². The fraction of sp³-hybridized carbons (Fsp3) is 0.294. The first-order valence-electron chi connectivity index (χ1n) is 6.87. The van der Waals surface area contributed by atoms with Crippen LogP contribution in [0, 0.1) is 13.8 Å². The minimum Gasteiger partial charge on any atom is -0.351 e. The van der Waals surface area contributed by atoms with E-state index < -0.39 is 0 Å². The van der Waals surface area contributed by atoms with E-state index in [2.05, 4.69) is 72.6 Å². The molecule has 1 unspecified atom stereocenters. The number of rotatable bonds is 2. The molecular formula is C17H20N2. The number of aryl methyl sites for hydroxylation is 2. The van der Waals surface area contributed by atoms with E-state index in [0.29, 0.717) is 6.17 Å². The van der Waals surface area contributed by atoms with Crippen molar-refractivity contribution in [1.29, 1.82) is 0 Å². The van der Waals surface area contributed by atoms with Gasteiger partial charge in [0.25, 0.3) is 0 Å². The highest BCUT2D eigenvalue weighted by atomic mass is 15.3. The minimum atomic E-state index is 0.294. The second kappa shape index (κ2) is 5.06. The molecule has 98 valence electrons. The maximum Gasteiger partial charge on any atom is 0.106 e. The Morgan fingerprint density at radius 2 is 1.79 bits per heavy atom. The number of hydrogen-bond acceptors (Lipinski definition) is 2. The lowest BCUT2D eigenvalue weighted by Gasteiger charge is -2.27. The van der Waals surface area contributed by atoms with E-state index in [4.69, 9.17) is 0 Å². The van der Waals surface area contributed by atoms with E-state index in [1.165, 1.54) is 22.4 Å². The third-order valence-corrected chi connectivity index (χ3v) is 3.73. The van der Waals surface area contributed by atoms with E-state index in [1.807, 2.05) is 0 Å². The number of nitrogens with zero attached hydrogens (tertiary/aromatic N) is 1. The minimum absolute atomic E-state index is 0.294. The summed E-state index contributed by atoms with van der Waals surface area (Å²) in [6, 6.07) is 17.5. The Hall–Kier alpha value is -1.80. The van der Waals surface area contributed by atoms with E-state index in [9.17, 15) is 0 Å². The lowest BCUT2D eigenvalue weighted by atomic mass is 10.1. The molecule has 19 heavy (non-hydrogen) atoms. The van der Waals surface area contributed by atoms with Gasteiger partial charge in [-0.3, -0.25) is 5.32 Å². The maximum absolute atomic E-state index is 3.59. The molecule has 0 aliphatic carbocycles. The smallest absolute Gasteiger partial charge is 0.106 e. The summed E-state index contributed by atoms with van der Waals surface area (Å²) in [5, 5.41) is 3.59. The molecule has 2 aromatic carbocycles. The Balaban J connectivity index is 1.91. The van der Waals surface area contributed by atoms with Crippen molar-refractivity contribution >= 4 is 5.69 Å². The molecule has 1 atom stereocenters. The first-order valence-corrected chi connectivity index (χ1v) is 6.87. The number of benzene rings is 2. The largest absolute Gasteiger partial charge is 0.351 e. The molecule has 0 saturated carbocycles. The standard InChI is InChI=1S/C17H20N2/c1-13-6-8-16(9-7-13)19-11-10-18-17(19)15-5-3-4-14(2)12-15/h3-9,12,17-18H,10-11H2,1-2H3. The first kappa shape index (κ1) is 12.2. The molecule has 2 aromatic rings. The Labute approximate surface area is 115 Å². The van der Waals surface area contributed by atoms with Gasteiger partial charge in [0.05, 0.1) is 0 Å². The fourth-order valence-corrected chi connectivity index (χ4v) is 2.71. The van der Waals surface area contributed by atoms with Gasteiger partial charge in [-0.1, -0.05) is 47.5 Å². The number of anilines is 1. The van der Waals surface area contributed by atoms with Crippen LogP contribution >= 0.6 is 0 Å². The van der Waals surface area contributed by atoms with Gasteiger partial charge in [0, 0.05) is 18.8 Å². The average Bonchev–Trinajstić information content (AvgIpc) is 2.89. The van der Waals surface area contributed by atoms with Crippen molar-refractivity contribution in [3.63, 3.8) is 0 Å². The van der Waals surface area contributed by atoms with Crippen molar-refractivity contribution in [2.24, 2.45) is 0 Å². The monoisotopic (exact) mass is 252 g/mol. The molecule has 1 N–H and O–H groups in total. The van der Waals surface area contributed by atoms with Crippen LogP contribution in [0.25, 0.3) is 0 Å². The van der Waals surface area contributed by atoms with Gasteiger partial charge in [-0.25, -0.2) is 0 Å². The Morgan fingerprint density at radius 3 is 2.53 bits per heavy atom. The Kier molecular flexibility index (Phi) is 3.26. The van der Waals surface area contributed by atoms with Crippen LogP contribution < -0.4 is 10.2 Å². The zero-order valence-electron chi connectivity index (χ0n) is 11.6. The molecule has 1 heterocycles. The van der Waals surface area contributed by atoms with Gasteiger partial charge in [0.15, 0.2) is 0 Å². The van der Waals surface area contributed by atoms with Crippen molar-refractivity contribution in [2.75, 3.05) is 18.0 Å². The molecule has 1 aliphatic rings. The first-order chi connectivity index (χ1) is 9.24. The molecule has 2 heteroatoms. The van der Waals surface area contributed by atoms with Crippen molar-refractivity contribution in [3.05, 3.63) is 65.2 Å². The molecule has 0 amide bonds. The van der Waals surface area contributed by atoms with Crippen molar-refractivity contribution in [3.8, 4) is 0 Å². The summed E-state index contributed by atoms with van der Waals surface area (Å²) in [5.41, 5.74) is 5.26. The van der Waals surface area contributed by atoms with E-state index in [1.54, 1.807) is 0 Å². The van der Waals surface area contributed by atoms with Crippen molar-refractivity contribution < 1.29 is 0 Å². The third-order valence-electron chi connectivity index (χ3n) is 3.73. The fourth-order valence-electron chi connectivity index (χ4n) is 2.71. The van der Waals surface area contributed by atoms with Gasteiger partial charge in [-0.05, 0) is 31.5 Å².